The number of hydrogen-bond donors (Lipinski definition) is 5. The minimum absolute atomic E-state index is 0.177. The van der Waals surface area contributed by atoms with Crippen molar-refractivity contribution in [2.45, 2.75) is 167 Å². The molecule has 0 unspecified atom stereocenters. The summed E-state index contributed by atoms with van der Waals surface area (Å²) in [7, 11) is 0.921. The summed E-state index contributed by atoms with van der Waals surface area (Å²) in [5, 5.41) is 30.3. The quantitative estimate of drug-likeness (QED) is 0.0813. The number of alkyl carbamates (subject to hydrolysis) is 1. The third-order valence-electron chi connectivity index (χ3n) is 10.0. The van der Waals surface area contributed by atoms with E-state index in [9.17, 15) is 53.4 Å². The Morgan fingerprint density at radius 3 is 1.96 bits per heavy atom. The number of aliphatic hydroxyl groups excluding tert-OH is 2. The molecule has 2 aliphatic rings. The van der Waals surface area contributed by atoms with E-state index in [1.165, 1.54) is 6.92 Å². The van der Waals surface area contributed by atoms with E-state index in [-0.39, 0.29) is 6.61 Å². The molecular weight excluding hydrogens is 922 g/mol. The van der Waals surface area contributed by atoms with Crippen LogP contribution >= 0.6 is 0 Å². The van der Waals surface area contributed by atoms with Crippen LogP contribution in [0, 0.1) is 0 Å². The van der Waals surface area contributed by atoms with Crippen molar-refractivity contribution in [1.82, 2.24) is 16.0 Å². The predicted octanol–water partition coefficient (Wildman–Crippen LogP) is -0.483. The van der Waals surface area contributed by atoms with Crippen LogP contribution in [0.2, 0.25) is 0 Å². The number of rotatable bonds is 20. The minimum atomic E-state index is -2.77. The second kappa shape index (κ2) is 25.6. The van der Waals surface area contributed by atoms with Gasteiger partial charge in [-0.25, -0.2) is 14.4 Å². The zero-order valence-electron chi connectivity index (χ0n) is 40.2. The number of nitrogens with one attached hydrogen (secondary N) is 3. The average Bonchev–Trinajstić information content (AvgIpc) is 3.24. The van der Waals surface area contributed by atoms with E-state index in [4.69, 9.17) is 52.1 Å². The molecule has 0 spiro atoms. The Morgan fingerprint density at radius 1 is 0.812 bits per heavy atom. The Bertz CT molecular complexity index is 1980. The van der Waals surface area contributed by atoms with Crippen LogP contribution in [0.4, 0.5) is 4.79 Å². The van der Waals surface area contributed by atoms with Gasteiger partial charge in [0.05, 0.1) is 32.3 Å². The van der Waals surface area contributed by atoms with Gasteiger partial charge in [0.2, 0.25) is 11.8 Å². The van der Waals surface area contributed by atoms with E-state index in [0.717, 1.165) is 48.7 Å². The smallest absolute Gasteiger partial charge is 0.408 e. The van der Waals surface area contributed by atoms with Crippen molar-refractivity contribution in [3.63, 3.8) is 0 Å². The number of carbonyl (C=O) groups excluding carboxylic acids is 9. The molecule has 69 heavy (non-hydrogen) atoms. The summed E-state index contributed by atoms with van der Waals surface area (Å²) in [5.74, 6) is -10.4. The number of hydrogen-bond acceptors (Lipinski definition) is 22. The summed E-state index contributed by atoms with van der Waals surface area (Å²) in [6.45, 7) is 10.3. The maximum absolute atomic E-state index is 14.0. The Labute approximate surface area is 397 Å². The summed E-state index contributed by atoms with van der Waals surface area (Å²) in [5.41, 5.74) is -0.436. The van der Waals surface area contributed by atoms with Crippen LogP contribution in [-0.2, 0) is 97.1 Å². The van der Waals surface area contributed by atoms with Gasteiger partial charge in [-0.1, -0.05) is 30.3 Å². The average molecular weight is 986 g/mol. The Balaban J connectivity index is 2.10. The van der Waals surface area contributed by atoms with E-state index < -0.39 is 158 Å². The van der Waals surface area contributed by atoms with E-state index >= 15 is 0 Å². The number of esters is 6. The molecule has 3 amide bonds. The predicted molar refractivity (Wildman–Crippen MR) is 229 cm³/mol. The molecule has 2 saturated heterocycles. The number of benzene rings is 1. The lowest BCUT2D eigenvalue weighted by Gasteiger charge is -2.49. The first-order valence-electron chi connectivity index (χ1n) is 21.6. The number of methoxy groups -OCH3 is 1. The van der Waals surface area contributed by atoms with Gasteiger partial charge in [-0.2, -0.15) is 0 Å². The highest BCUT2D eigenvalue weighted by molar-refractivity contribution is 5.82. The summed E-state index contributed by atoms with van der Waals surface area (Å²) in [6, 6.07) is 3.89. The van der Waals surface area contributed by atoms with Gasteiger partial charge < -0.3 is 78.3 Å². The van der Waals surface area contributed by atoms with Crippen LogP contribution in [0.5, 0.6) is 0 Å². The number of ether oxygens (including phenoxy) is 11. The van der Waals surface area contributed by atoms with Crippen LogP contribution in [0.3, 0.4) is 0 Å². The largest absolute Gasteiger partial charge is 0.465 e. The Hall–Kier alpha value is -5.99. The normalized spacial score (nSPS) is 26.2. The molecule has 386 valence electrons. The Morgan fingerprint density at radius 2 is 1.42 bits per heavy atom. The van der Waals surface area contributed by atoms with E-state index in [2.05, 4.69) is 16.0 Å². The fourth-order valence-corrected chi connectivity index (χ4v) is 7.25. The standard InChI is InChI=1S/C44H63N3O22/c1-21(32(39(56)69-43(8,9)10)47-42(58)61-18-28-15-13-12-14-16-28)63-40-34(46-23(3)49)36(55)35(54)30(67-40)20-62-44(41(57)59-11)17-29(64-25(5)51)33(45-22(2)48)38(68-44)37(66-27(7)53)31(65-26(6)52)19-60-24(4)50/h12-16,21,29-38,40,54-55H,17-20H2,1-11H3,(H,45,48)(H,46,49)(H,47,58)/t21-,29+,30-,31-,32+,33-,34-,35+,36-,37-,38-,40+,44-/m1/s1. The summed E-state index contributed by atoms with van der Waals surface area (Å²) in [6.07, 6.45) is -17.8. The van der Waals surface area contributed by atoms with Gasteiger partial charge in [-0.3, -0.25) is 28.8 Å². The van der Waals surface area contributed by atoms with Crippen molar-refractivity contribution in [3.05, 3.63) is 35.9 Å². The summed E-state index contributed by atoms with van der Waals surface area (Å²) < 4.78 is 62.1. The van der Waals surface area contributed by atoms with Crippen molar-refractivity contribution in [3.8, 4) is 0 Å². The molecule has 5 N–H and O–H groups in total. The molecule has 25 nitrogen and oxygen atoms in total. The van der Waals surface area contributed by atoms with E-state index in [1.807, 2.05) is 0 Å². The van der Waals surface area contributed by atoms with Crippen molar-refractivity contribution in [2.75, 3.05) is 20.3 Å². The topological polar surface area (TPSA) is 332 Å². The SMILES string of the molecule is COC(=O)[C@@]1(OC[C@H]2O[C@H](O[C@H](C)[C@H](NC(=O)OCc3ccccc3)C(=O)OC(C)(C)C)[C@H](NC(C)=O)[C@@H](O)[C@H]2O)C[C@H](OC(C)=O)[C@@H](NC(C)=O)[C@H]([C@H](OC(C)=O)[C@@H](COC(C)=O)OC(C)=O)O1. The van der Waals surface area contributed by atoms with Gasteiger partial charge in [-0.15, -0.1) is 0 Å². The summed E-state index contributed by atoms with van der Waals surface area (Å²) in [4.78, 5) is 115. The van der Waals surface area contributed by atoms with Crippen molar-refractivity contribution < 1.29 is 105 Å². The molecule has 2 heterocycles. The fourth-order valence-electron chi connectivity index (χ4n) is 7.25. The maximum Gasteiger partial charge on any atom is 0.408 e. The van der Waals surface area contributed by atoms with Gasteiger partial charge in [0.25, 0.3) is 5.79 Å². The van der Waals surface area contributed by atoms with Gasteiger partial charge in [0.15, 0.2) is 24.5 Å². The zero-order chi connectivity index (χ0) is 52.0. The first kappa shape index (κ1) is 57.3. The van der Waals surface area contributed by atoms with Crippen molar-refractivity contribution >= 4 is 53.7 Å². The third-order valence-corrected chi connectivity index (χ3v) is 10.0. The molecule has 1 aromatic carbocycles. The molecule has 0 aromatic heterocycles. The van der Waals surface area contributed by atoms with Gasteiger partial charge in [-0.05, 0) is 33.3 Å². The van der Waals surface area contributed by atoms with Crippen LogP contribution in [0.1, 0.15) is 81.2 Å². The lowest BCUT2D eigenvalue weighted by Crippen LogP contribution is -2.70. The van der Waals surface area contributed by atoms with Crippen LogP contribution in [0.15, 0.2) is 30.3 Å². The lowest BCUT2D eigenvalue weighted by molar-refractivity contribution is -0.334. The highest BCUT2D eigenvalue weighted by atomic mass is 16.8. The molecule has 2 aliphatic heterocycles. The van der Waals surface area contributed by atoms with Crippen molar-refractivity contribution in [2.24, 2.45) is 0 Å². The lowest BCUT2D eigenvalue weighted by atomic mass is 9.87. The highest BCUT2D eigenvalue weighted by Gasteiger charge is 2.60. The van der Waals surface area contributed by atoms with Gasteiger partial charge in [0.1, 0.15) is 55.4 Å². The van der Waals surface area contributed by atoms with E-state index in [1.54, 1.807) is 51.1 Å². The van der Waals surface area contributed by atoms with Gasteiger partial charge >= 0.3 is 41.9 Å². The number of carbonyl (C=O) groups is 9. The molecule has 1 aromatic rings. The fraction of sp³-hybridized carbons (Fsp3) is 0.659. The van der Waals surface area contributed by atoms with Crippen LogP contribution < -0.4 is 16.0 Å². The molecule has 13 atom stereocenters. The van der Waals surface area contributed by atoms with Crippen molar-refractivity contribution in [1.29, 1.82) is 0 Å². The number of aliphatic hydroxyl groups is 2. The molecule has 0 bridgehead atoms. The van der Waals surface area contributed by atoms with Crippen LogP contribution in [0.25, 0.3) is 0 Å². The first-order valence-corrected chi connectivity index (χ1v) is 21.6. The molecule has 2 fully saturated rings. The third kappa shape index (κ3) is 17.5. The van der Waals surface area contributed by atoms with Gasteiger partial charge in [0, 0.05) is 41.5 Å². The second-order valence-electron chi connectivity index (χ2n) is 17.0. The molecular formula is C44H63N3O22. The highest BCUT2D eigenvalue weighted by Crippen LogP contribution is 2.38. The number of amides is 3. The monoisotopic (exact) mass is 985 g/mol. The Kier molecular flexibility index (Phi) is 21.2. The van der Waals surface area contributed by atoms with Crippen LogP contribution in [-0.4, -0.2) is 169 Å². The molecule has 3 rings (SSSR count). The minimum Gasteiger partial charge on any atom is -0.465 e. The maximum atomic E-state index is 14.0. The van der Waals surface area contributed by atoms with E-state index in [0.29, 0.717) is 5.56 Å². The molecule has 0 aliphatic carbocycles. The molecule has 0 saturated carbocycles. The molecule has 25 heteroatoms. The zero-order valence-corrected chi connectivity index (χ0v) is 40.2. The first-order chi connectivity index (χ1) is 32.2. The molecule has 0 radical (unpaired) electrons. The second-order valence-corrected chi connectivity index (χ2v) is 17.0. The summed E-state index contributed by atoms with van der Waals surface area (Å²) >= 11 is 0.